The molecule has 4 heteroatoms. The summed E-state index contributed by atoms with van der Waals surface area (Å²) in [5.41, 5.74) is 2.86. The lowest BCUT2D eigenvalue weighted by atomic mass is 9.83. The highest BCUT2D eigenvalue weighted by Gasteiger charge is 2.39. The summed E-state index contributed by atoms with van der Waals surface area (Å²) < 4.78 is 5.55. The third-order valence-corrected chi connectivity index (χ3v) is 4.75. The van der Waals surface area contributed by atoms with Crippen LogP contribution in [0.2, 0.25) is 0 Å². The van der Waals surface area contributed by atoms with Crippen molar-refractivity contribution in [2.24, 2.45) is 5.92 Å². The Hall–Kier alpha value is -1.39. The lowest BCUT2D eigenvalue weighted by molar-refractivity contribution is -0.119. The molecule has 2 aliphatic heterocycles. The van der Waals surface area contributed by atoms with E-state index >= 15 is 0 Å². The standard InChI is InChI=1S/C17H24N2O2/c1-4-18-15(12-7-8-21-10-12)11-5-6-14-13(9-11)17(2,3)16(20)19-14/h5-6,9,12,15,18H,4,7-8,10H2,1-3H3,(H,19,20). The molecule has 1 saturated heterocycles. The molecule has 1 aromatic rings. The summed E-state index contributed by atoms with van der Waals surface area (Å²) in [6.07, 6.45) is 1.09. The minimum atomic E-state index is -0.450. The summed E-state index contributed by atoms with van der Waals surface area (Å²) in [5, 5.41) is 6.56. The van der Waals surface area contributed by atoms with E-state index in [2.05, 4.69) is 29.7 Å². The third kappa shape index (κ3) is 2.47. The molecular weight excluding hydrogens is 264 g/mol. The van der Waals surface area contributed by atoms with Crippen LogP contribution in [0.4, 0.5) is 5.69 Å². The Balaban J connectivity index is 1.95. The fraction of sp³-hybridized carbons (Fsp3) is 0.588. The predicted molar refractivity (Wildman–Crippen MR) is 83.4 cm³/mol. The molecule has 0 radical (unpaired) electrons. The molecule has 21 heavy (non-hydrogen) atoms. The van der Waals surface area contributed by atoms with Gasteiger partial charge in [0.1, 0.15) is 0 Å². The van der Waals surface area contributed by atoms with Crippen LogP contribution in [0.15, 0.2) is 18.2 Å². The van der Waals surface area contributed by atoms with Gasteiger partial charge < -0.3 is 15.4 Å². The Labute approximate surface area is 126 Å². The van der Waals surface area contributed by atoms with Gasteiger partial charge in [0.2, 0.25) is 5.91 Å². The number of amides is 1. The summed E-state index contributed by atoms with van der Waals surface area (Å²) in [6, 6.07) is 6.66. The second kappa shape index (κ2) is 5.43. The molecule has 1 fully saturated rings. The molecule has 2 unspecified atom stereocenters. The first-order chi connectivity index (χ1) is 10.0. The molecule has 2 heterocycles. The summed E-state index contributed by atoms with van der Waals surface area (Å²) >= 11 is 0. The van der Waals surface area contributed by atoms with Crippen LogP contribution < -0.4 is 10.6 Å². The Bertz CT molecular complexity index is 548. The average Bonchev–Trinajstić information content (AvgIpc) is 3.05. The third-order valence-electron chi connectivity index (χ3n) is 4.75. The van der Waals surface area contributed by atoms with E-state index in [1.807, 2.05) is 19.9 Å². The van der Waals surface area contributed by atoms with Gasteiger partial charge >= 0.3 is 0 Å². The van der Waals surface area contributed by atoms with Crippen molar-refractivity contribution in [2.45, 2.75) is 38.6 Å². The van der Waals surface area contributed by atoms with Crippen LogP contribution in [-0.2, 0) is 14.9 Å². The highest BCUT2D eigenvalue weighted by molar-refractivity contribution is 6.05. The van der Waals surface area contributed by atoms with Crippen molar-refractivity contribution < 1.29 is 9.53 Å². The number of nitrogens with one attached hydrogen (secondary N) is 2. The van der Waals surface area contributed by atoms with Gasteiger partial charge in [0.05, 0.1) is 12.0 Å². The highest BCUT2D eigenvalue weighted by atomic mass is 16.5. The molecular formula is C17H24N2O2. The molecule has 2 N–H and O–H groups in total. The van der Waals surface area contributed by atoms with Gasteiger partial charge in [-0.05, 0) is 44.0 Å². The fourth-order valence-corrected chi connectivity index (χ4v) is 3.37. The molecule has 2 aliphatic rings. The van der Waals surface area contributed by atoms with Crippen molar-refractivity contribution in [3.63, 3.8) is 0 Å². The largest absolute Gasteiger partial charge is 0.381 e. The van der Waals surface area contributed by atoms with Gasteiger partial charge in [-0.15, -0.1) is 0 Å². The summed E-state index contributed by atoms with van der Waals surface area (Å²) in [7, 11) is 0. The number of fused-ring (bicyclic) bond motifs is 1. The van der Waals surface area contributed by atoms with E-state index in [0.717, 1.165) is 37.4 Å². The van der Waals surface area contributed by atoms with Gasteiger partial charge in [-0.2, -0.15) is 0 Å². The van der Waals surface area contributed by atoms with E-state index in [1.54, 1.807) is 0 Å². The van der Waals surface area contributed by atoms with Gasteiger partial charge in [0, 0.05) is 24.3 Å². The van der Waals surface area contributed by atoms with Crippen LogP contribution in [0.1, 0.15) is 44.4 Å². The summed E-state index contributed by atoms with van der Waals surface area (Å²) in [5.74, 6) is 0.593. The molecule has 114 valence electrons. The zero-order valence-corrected chi connectivity index (χ0v) is 13.0. The first kappa shape index (κ1) is 14.5. The number of carbonyl (C=O) groups is 1. The number of hydrogen-bond acceptors (Lipinski definition) is 3. The van der Waals surface area contributed by atoms with Gasteiger partial charge in [0.15, 0.2) is 0 Å². The molecule has 0 bridgehead atoms. The van der Waals surface area contributed by atoms with Gasteiger partial charge in [-0.25, -0.2) is 0 Å². The maximum absolute atomic E-state index is 12.1. The van der Waals surface area contributed by atoms with Crippen LogP contribution >= 0.6 is 0 Å². The number of carbonyl (C=O) groups excluding carboxylic acids is 1. The van der Waals surface area contributed by atoms with Crippen LogP contribution in [0.5, 0.6) is 0 Å². The Morgan fingerprint density at radius 2 is 2.29 bits per heavy atom. The van der Waals surface area contributed by atoms with Crippen molar-refractivity contribution in [2.75, 3.05) is 25.1 Å². The van der Waals surface area contributed by atoms with E-state index in [9.17, 15) is 4.79 Å². The SMILES string of the molecule is CCNC(c1ccc2c(c1)C(C)(C)C(=O)N2)C1CCOC1. The average molecular weight is 288 g/mol. The quantitative estimate of drug-likeness (QED) is 0.895. The van der Waals surface area contributed by atoms with E-state index in [0.29, 0.717) is 12.0 Å². The Morgan fingerprint density at radius 3 is 2.95 bits per heavy atom. The minimum absolute atomic E-state index is 0.0823. The lowest BCUT2D eigenvalue weighted by Crippen LogP contribution is -2.29. The second-order valence-corrected chi connectivity index (χ2v) is 6.54. The molecule has 0 spiro atoms. The molecule has 0 aromatic heterocycles. The molecule has 2 atom stereocenters. The van der Waals surface area contributed by atoms with Crippen molar-refractivity contribution in [3.05, 3.63) is 29.3 Å². The number of benzene rings is 1. The number of hydrogen-bond donors (Lipinski definition) is 2. The summed E-state index contributed by atoms with van der Waals surface area (Å²) in [4.78, 5) is 12.1. The van der Waals surface area contributed by atoms with E-state index in [-0.39, 0.29) is 5.91 Å². The normalized spacial score (nSPS) is 24.7. The molecule has 4 nitrogen and oxygen atoms in total. The van der Waals surface area contributed by atoms with Crippen molar-refractivity contribution in [3.8, 4) is 0 Å². The molecule has 3 rings (SSSR count). The first-order valence-corrected chi connectivity index (χ1v) is 7.81. The van der Waals surface area contributed by atoms with Gasteiger partial charge in [-0.3, -0.25) is 4.79 Å². The maximum atomic E-state index is 12.1. The van der Waals surface area contributed by atoms with Gasteiger partial charge in [0.25, 0.3) is 0 Å². The van der Waals surface area contributed by atoms with Crippen LogP contribution in [0, 0.1) is 5.92 Å². The molecule has 1 amide bonds. The summed E-state index contributed by atoms with van der Waals surface area (Å²) in [6.45, 7) is 8.69. The zero-order valence-electron chi connectivity index (χ0n) is 13.0. The molecule has 0 saturated carbocycles. The van der Waals surface area contributed by atoms with E-state index < -0.39 is 5.41 Å². The fourth-order valence-electron chi connectivity index (χ4n) is 3.37. The topological polar surface area (TPSA) is 50.4 Å². The van der Waals surface area contributed by atoms with E-state index in [4.69, 9.17) is 4.74 Å². The monoisotopic (exact) mass is 288 g/mol. The van der Waals surface area contributed by atoms with Crippen LogP contribution in [-0.4, -0.2) is 25.7 Å². The van der Waals surface area contributed by atoms with Crippen molar-refractivity contribution in [1.29, 1.82) is 0 Å². The van der Waals surface area contributed by atoms with Gasteiger partial charge in [-0.1, -0.05) is 19.1 Å². The first-order valence-electron chi connectivity index (χ1n) is 7.81. The van der Waals surface area contributed by atoms with Crippen molar-refractivity contribution >= 4 is 11.6 Å². The smallest absolute Gasteiger partial charge is 0.234 e. The van der Waals surface area contributed by atoms with Crippen LogP contribution in [0.3, 0.4) is 0 Å². The van der Waals surface area contributed by atoms with Crippen molar-refractivity contribution in [1.82, 2.24) is 5.32 Å². The lowest BCUT2D eigenvalue weighted by Gasteiger charge is -2.25. The number of ether oxygens (including phenoxy) is 1. The highest BCUT2D eigenvalue weighted by Crippen LogP contribution is 2.40. The minimum Gasteiger partial charge on any atom is -0.381 e. The predicted octanol–water partition coefficient (Wildman–Crippen LogP) is 2.60. The van der Waals surface area contributed by atoms with E-state index in [1.165, 1.54) is 5.56 Å². The van der Waals surface area contributed by atoms with Crippen LogP contribution in [0.25, 0.3) is 0 Å². The zero-order chi connectivity index (χ0) is 15.0. The maximum Gasteiger partial charge on any atom is 0.234 e. The number of anilines is 1. The number of rotatable bonds is 4. The molecule has 1 aromatic carbocycles. The Kier molecular flexibility index (Phi) is 3.76. The molecule has 0 aliphatic carbocycles. The second-order valence-electron chi connectivity index (χ2n) is 6.54. The Morgan fingerprint density at radius 1 is 1.48 bits per heavy atom.